The van der Waals surface area contributed by atoms with E-state index in [0.29, 0.717) is 17.9 Å². The highest BCUT2D eigenvalue weighted by molar-refractivity contribution is 9.10. The molecule has 0 saturated heterocycles. The first-order valence-corrected chi connectivity index (χ1v) is 5.93. The fourth-order valence-corrected chi connectivity index (χ4v) is 3.27. The van der Waals surface area contributed by atoms with Crippen LogP contribution in [0.1, 0.15) is 24.8 Å². The van der Waals surface area contributed by atoms with Crippen molar-refractivity contribution >= 4 is 33.5 Å². The molecule has 2 rings (SSSR count). The molecule has 4 heteroatoms. The largest absolute Gasteiger partial charge is 0.481 e. The second kappa shape index (κ2) is 3.80. The van der Waals surface area contributed by atoms with Crippen LogP contribution in [-0.4, -0.2) is 11.1 Å². The van der Waals surface area contributed by atoms with Gasteiger partial charge in [0, 0.05) is 15.1 Å². The van der Waals surface area contributed by atoms with Crippen molar-refractivity contribution < 1.29 is 9.90 Å². The van der Waals surface area contributed by atoms with Gasteiger partial charge in [-0.2, -0.15) is 0 Å². The number of carbonyl (C=O) groups is 1. The Bertz CT molecular complexity index is 393. The minimum Gasteiger partial charge on any atom is -0.481 e. The molecule has 0 radical (unpaired) electrons. The van der Waals surface area contributed by atoms with E-state index >= 15 is 0 Å². The number of carboxylic acid groups (broad SMARTS) is 1. The van der Waals surface area contributed by atoms with Crippen LogP contribution in [0.25, 0.3) is 0 Å². The van der Waals surface area contributed by atoms with Crippen LogP contribution >= 0.6 is 27.5 Å². The molecule has 0 atom stereocenters. The molecule has 1 fully saturated rings. The van der Waals surface area contributed by atoms with Crippen molar-refractivity contribution in [3.63, 3.8) is 0 Å². The first-order valence-electron chi connectivity index (χ1n) is 4.76. The van der Waals surface area contributed by atoms with Crippen LogP contribution in [0.4, 0.5) is 0 Å². The molecule has 1 saturated carbocycles. The summed E-state index contributed by atoms with van der Waals surface area (Å²) in [6.07, 6.45) is 2.29. The van der Waals surface area contributed by atoms with Crippen LogP contribution in [0, 0.1) is 0 Å². The monoisotopic (exact) mass is 288 g/mol. The summed E-state index contributed by atoms with van der Waals surface area (Å²) in [5.41, 5.74) is -0.0395. The number of rotatable bonds is 2. The SMILES string of the molecule is O=C(O)C1(c2c(Cl)cccc2Br)CCC1. The molecule has 0 heterocycles. The Kier molecular flexibility index (Phi) is 2.77. The van der Waals surface area contributed by atoms with E-state index in [9.17, 15) is 9.90 Å². The molecular formula is C11H10BrClO2. The molecular weight excluding hydrogens is 279 g/mol. The molecule has 1 N–H and O–H groups in total. The summed E-state index contributed by atoms with van der Waals surface area (Å²) in [4.78, 5) is 11.3. The number of hydrogen-bond donors (Lipinski definition) is 1. The molecule has 0 amide bonds. The predicted octanol–water partition coefficient (Wildman–Crippen LogP) is 3.61. The third-order valence-corrected chi connectivity index (χ3v) is 4.03. The van der Waals surface area contributed by atoms with Gasteiger partial charge in [-0.05, 0) is 25.0 Å². The van der Waals surface area contributed by atoms with Gasteiger partial charge in [-0.25, -0.2) is 0 Å². The molecule has 80 valence electrons. The summed E-state index contributed by atoms with van der Waals surface area (Å²) in [7, 11) is 0. The van der Waals surface area contributed by atoms with Gasteiger partial charge in [0.2, 0.25) is 0 Å². The third-order valence-electron chi connectivity index (χ3n) is 3.06. The number of carboxylic acids is 1. The van der Waals surface area contributed by atoms with Gasteiger partial charge >= 0.3 is 5.97 Å². The fraction of sp³-hybridized carbons (Fsp3) is 0.364. The molecule has 15 heavy (non-hydrogen) atoms. The van der Waals surface area contributed by atoms with E-state index < -0.39 is 11.4 Å². The zero-order valence-corrected chi connectivity index (χ0v) is 10.3. The second-order valence-electron chi connectivity index (χ2n) is 3.84. The van der Waals surface area contributed by atoms with Gasteiger partial charge in [-0.1, -0.05) is 40.0 Å². The van der Waals surface area contributed by atoms with Crippen molar-refractivity contribution in [2.45, 2.75) is 24.7 Å². The lowest BCUT2D eigenvalue weighted by molar-refractivity contribution is -0.147. The Morgan fingerprint density at radius 2 is 2.13 bits per heavy atom. The highest BCUT2D eigenvalue weighted by Crippen LogP contribution is 2.49. The number of benzene rings is 1. The van der Waals surface area contributed by atoms with Crippen molar-refractivity contribution in [2.24, 2.45) is 0 Å². The molecule has 1 aromatic carbocycles. The minimum atomic E-state index is -0.775. The summed E-state index contributed by atoms with van der Waals surface area (Å²) in [5.74, 6) is -0.775. The van der Waals surface area contributed by atoms with E-state index in [0.717, 1.165) is 16.5 Å². The van der Waals surface area contributed by atoms with E-state index in [2.05, 4.69) is 15.9 Å². The van der Waals surface area contributed by atoms with Gasteiger partial charge in [0.1, 0.15) is 0 Å². The summed E-state index contributed by atoms with van der Waals surface area (Å²) >= 11 is 9.46. The normalized spacial score (nSPS) is 18.3. The van der Waals surface area contributed by atoms with Crippen molar-refractivity contribution in [3.05, 3.63) is 33.3 Å². The summed E-state index contributed by atoms with van der Waals surface area (Å²) in [5, 5.41) is 9.84. The molecule has 2 nitrogen and oxygen atoms in total. The Morgan fingerprint density at radius 3 is 2.53 bits per heavy atom. The summed E-state index contributed by atoms with van der Waals surface area (Å²) in [6.45, 7) is 0. The van der Waals surface area contributed by atoms with Gasteiger partial charge in [-0.3, -0.25) is 4.79 Å². The Labute approximate surface area is 101 Å². The first kappa shape index (κ1) is 11.0. The van der Waals surface area contributed by atoms with Crippen LogP contribution in [0.3, 0.4) is 0 Å². The zero-order valence-electron chi connectivity index (χ0n) is 7.96. The number of hydrogen-bond acceptors (Lipinski definition) is 1. The fourth-order valence-electron chi connectivity index (χ4n) is 2.06. The van der Waals surface area contributed by atoms with Crippen LogP contribution in [-0.2, 0) is 10.2 Å². The Morgan fingerprint density at radius 1 is 1.47 bits per heavy atom. The molecule has 1 aliphatic carbocycles. The first-order chi connectivity index (χ1) is 7.08. The van der Waals surface area contributed by atoms with Gasteiger partial charge in [0.15, 0.2) is 0 Å². The Hall–Kier alpha value is -0.540. The third kappa shape index (κ3) is 1.58. The van der Waals surface area contributed by atoms with Crippen molar-refractivity contribution in [1.82, 2.24) is 0 Å². The average Bonchev–Trinajstić information content (AvgIpc) is 2.07. The number of aliphatic carboxylic acids is 1. The highest BCUT2D eigenvalue weighted by atomic mass is 79.9. The van der Waals surface area contributed by atoms with E-state index in [4.69, 9.17) is 11.6 Å². The lowest BCUT2D eigenvalue weighted by atomic mass is 9.64. The van der Waals surface area contributed by atoms with Gasteiger partial charge < -0.3 is 5.11 Å². The maximum absolute atomic E-state index is 11.3. The maximum atomic E-state index is 11.3. The molecule has 1 aromatic rings. The molecule has 0 unspecified atom stereocenters. The minimum absolute atomic E-state index is 0.534. The smallest absolute Gasteiger partial charge is 0.314 e. The Balaban J connectivity index is 2.57. The van der Waals surface area contributed by atoms with Crippen molar-refractivity contribution in [2.75, 3.05) is 0 Å². The van der Waals surface area contributed by atoms with E-state index in [1.807, 2.05) is 12.1 Å². The summed E-state index contributed by atoms with van der Waals surface area (Å²) < 4.78 is 0.789. The van der Waals surface area contributed by atoms with E-state index in [1.54, 1.807) is 6.07 Å². The standard InChI is InChI=1S/C11H10BrClO2/c12-7-3-1-4-8(13)9(7)11(10(14)15)5-2-6-11/h1,3-4H,2,5-6H2,(H,14,15). The molecule has 0 spiro atoms. The van der Waals surface area contributed by atoms with Crippen LogP contribution in [0.15, 0.2) is 22.7 Å². The van der Waals surface area contributed by atoms with Crippen LogP contribution in [0.5, 0.6) is 0 Å². The predicted molar refractivity (Wildman–Crippen MR) is 62.3 cm³/mol. The van der Waals surface area contributed by atoms with Crippen molar-refractivity contribution in [3.8, 4) is 0 Å². The average molecular weight is 290 g/mol. The second-order valence-corrected chi connectivity index (χ2v) is 5.10. The van der Waals surface area contributed by atoms with Crippen LogP contribution < -0.4 is 0 Å². The topological polar surface area (TPSA) is 37.3 Å². The molecule has 0 aromatic heterocycles. The highest BCUT2D eigenvalue weighted by Gasteiger charge is 2.48. The van der Waals surface area contributed by atoms with Gasteiger partial charge in [-0.15, -0.1) is 0 Å². The summed E-state index contributed by atoms with van der Waals surface area (Å²) in [6, 6.07) is 5.39. The molecule has 0 bridgehead atoms. The van der Waals surface area contributed by atoms with E-state index in [1.165, 1.54) is 0 Å². The number of halogens is 2. The lowest BCUT2D eigenvalue weighted by Gasteiger charge is -2.39. The van der Waals surface area contributed by atoms with Gasteiger partial charge in [0.25, 0.3) is 0 Å². The molecule has 0 aliphatic heterocycles. The quantitative estimate of drug-likeness (QED) is 0.903. The van der Waals surface area contributed by atoms with E-state index in [-0.39, 0.29) is 0 Å². The lowest BCUT2D eigenvalue weighted by Crippen LogP contribution is -2.42. The zero-order chi connectivity index (χ0) is 11.1. The van der Waals surface area contributed by atoms with Gasteiger partial charge in [0.05, 0.1) is 5.41 Å². The molecule has 1 aliphatic rings. The maximum Gasteiger partial charge on any atom is 0.314 e. The van der Waals surface area contributed by atoms with Crippen molar-refractivity contribution in [1.29, 1.82) is 0 Å². The van der Waals surface area contributed by atoms with Crippen LogP contribution in [0.2, 0.25) is 5.02 Å².